The molecule has 6 nitrogen and oxygen atoms in total. The average molecular weight is 328 g/mol. The van der Waals surface area contributed by atoms with Gasteiger partial charge in [0, 0.05) is 24.3 Å². The topological polar surface area (TPSA) is 94.7 Å². The third-order valence-electron chi connectivity index (χ3n) is 4.09. The zero-order valence-corrected chi connectivity index (χ0v) is 13.0. The fourth-order valence-corrected chi connectivity index (χ4v) is 2.86. The summed E-state index contributed by atoms with van der Waals surface area (Å²) in [7, 11) is 0. The maximum Gasteiger partial charge on any atom is 0.270 e. The normalized spacial score (nSPS) is 10.7. The average Bonchev–Trinajstić information content (AvgIpc) is 3.07. The fourth-order valence-electron chi connectivity index (χ4n) is 2.86. The molecule has 4 aromatic rings. The second-order valence-electron chi connectivity index (χ2n) is 5.52. The number of benzene rings is 1. The molecular weight excluding hydrogens is 316 g/mol. The summed E-state index contributed by atoms with van der Waals surface area (Å²) in [4.78, 5) is 18.4. The van der Waals surface area contributed by atoms with E-state index in [4.69, 9.17) is 5.26 Å². The molecule has 3 aromatic heterocycles. The number of rotatable bonds is 2. The predicted molar refractivity (Wildman–Crippen MR) is 93.5 cm³/mol. The fraction of sp³-hybridized carbons (Fsp3) is 0. The molecule has 3 heterocycles. The van der Waals surface area contributed by atoms with E-state index in [0.29, 0.717) is 11.0 Å². The van der Waals surface area contributed by atoms with E-state index in [1.807, 2.05) is 36.4 Å². The first-order valence-corrected chi connectivity index (χ1v) is 7.56. The Hall–Kier alpha value is -3.85. The number of H-pyrrole nitrogens is 1. The molecule has 120 valence electrons. The molecule has 0 bridgehead atoms. The van der Waals surface area contributed by atoms with Crippen LogP contribution in [0.4, 0.5) is 0 Å². The second kappa shape index (κ2) is 5.65. The first-order chi connectivity index (χ1) is 12.2. The van der Waals surface area contributed by atoms with Crippen LogP contribution in [0.2, 0.25) is 0 Å². The Bertz CT molecular complexity index is 1170. The summed E-state index contributed by atoms with van der Waals surface area (Å²) in [5.41, 5.74) is 2.88. The Kier molecular flexibility index (Phi) is 3.33. The minimum absolute atomic E-state index is 0.291. The van der Waals surface area contributed by atoms with Crippen LogP contribution >= 0.6 is 0 Å². The van der Waals surface area contributed by atoms with Crippen molar-refractivity contribution < 1.29 is 5.11 Å². The molecule has 0 radical (unpaired) electrons. The zero-order chi connectivity index (χ0) is 17.4. The molecule has 0 fully saturated rings. The Balaban J connectivity index is 1.86. The second-order valence-corrected chi connectivity index (χ2v) is 5.52. The summed E-state index contributed by atoms with van der Waals surface area (Å²) in [6.07, 6.45) is 5.21. The van der Waals surface area contributed by atoms with Gasteiger partial charge in [0.15, 0.2) is 11.3 Å². The summed E-state index contributed by atoms with van der Waals surface area (Å²) in [5.74, 6) is -0.315. The lowest BCUT2D eigenvalue weighted by molar-refractivity contribution is 0.476. The van der Waals surface area contributed by atoms with E-state index in [1.165, 1.54) is 0 Å². The summed E-state index contributed by atoms with van der Waals surface area (Å²) in [5, 5.41) is 19.4. The third-order valence-corrected chi connectivity index (χ3v) is 4.09. The van der Waals surface area contributed by atoms with Crippen LogP contribution in [0.5, 0.6) is 5.75 Å². The molecule has 6 heteroatoms. The molecule has 0 atom stereocenters. The van der Waals surface area contributed by atoms with Crippen molar-refractivity contribution in [2.75, 3.05) is 0 Å². The molecule has 0 aliphatic heterocycles. The number of aromatic hydroxyl groups is 1. The van der Waals surface area contributed by atoms with Gasteiger partial charge < -0.3 is 14.7 Å². The smallest absolute Gasteiger partial charge is 0.270 e. The number of fused-ring (bicyclic) bond motifs is 1. The maximum atomic E-state index is 11.8. The number of nitriles is 1. The van der Waals surface area contributed by atoms with Gasteiger partial charge >= 0.3 is 0 Å². The van der Waals surface area contributed by atoms with E-state index in [-0.39, 0.29) is 11.3 Å². The van der Waals surface area contributed by atoms with E-state index in [0.717, 1.165) is 16.8 Å². The number of aromatic nitrogens is 3. The molecular formula is C19H12N4O2. The van der Waals surface area contributed by atoms with Gasteiger partial charge in [-0.15, -0.1) is 0 Å². The standard InChI is InChI=1S/C19H12N4O2/c20-11-15-18(24)17-16(22-19(15)25)7-10-23(17)14-3-1-12(2-4-14)13-5-8-21-9-6-13/h1-10H,(H2,22,24,25). The lowest BCUT2D eigenvalue weighted by atomic mass is 10.1. The quantitative estimate of drug-likeness (QED) is 0.591. The van der Waals surface area contributed by atoms with Gasteiger partial charge in [-0.2, -0.15) is 5.26 Å². The predicted octanol–water partition coefficient (Wildman–Crippen LogP) is 2.96. The first-order valence-electron chi connectivity index (χ1n) is 7.56. The minimum atomic E-state index is -0.599. The largest absolute Gasteiger partial charge is 0.504 e. The van der Waals surface area contributed by atoms with E-state index in [2.05, 4.69) is 9.97 Å². The zero-order valence-electron chi connectivity index (χ0n) is 13.0. The Labute approximate surface area is 142 Å². The van der Waals surface area contributed by atoms with Gasteiger partial charge in [0.2, 0.25) is 0 Å². The van der Waals surface area contributed by atoms with Gasteiger partial charge in [-0.3, -0.25) is 9.78 Å². The van der Waals surface area contributed by atoms with Crippen LogP contribution in [-0.4, -0.2) is 19.6 Å². The molecule has 0 amide bonds. The Morgan fingerprint density at radius 2 is 1.72 bits per heavy atom. The molecule has 0 aliphatic carbocycles. The van der Waals surface area contributed by atoms with Crippen LogP contribution < -0.4 is 5.56 Å². The van der Waals surface area contributed by atoms with Crippen LogP contribution in [-0.2, 0) is 0 Å². The van der Waals surface area contributed by atoms with Crippen LogP contribution in [0, 0.1) is 11.3 Å². The lowest BCUT2D eigenvalue weighted by Gasteiger charge is -2.09. The number of nitrogens with zero attached hydrogens (tertiary/aromatic N) is 3. The highest BCUT2D eigenvalue weighted by atomic mass is 16.3. The van der Waals surface area contributed by atoms with Crippen LogP contribution in [0.3, 0.4) is 0 Å². The van der Waals surface area contributed by atoms with Crippen molar-refractivity contribution in [3.63, 3.8) is 0 Å². The molecule has 1 aromatic carbocycles. The number of aromatic amines is 1. The van der Waals surface area contributed by atoms with E-state index in [9.17, 15) is 9.90 Å². The Morgan fingerprint density at radius 3 is 2.40 bits per heavy atom. The van der Waals surface area contributed by atoms with Crippen molar-refractivity contribution >= 4 is 11.0 Å². The highest BCUT2D eigenvalue weighted by Gasteiger charge is 2.15. The summed E-state index contributed by atoms with van der Waals surface area (Å²) in [6.45, 7) is 0. The van der Waals surface area contributed by atoms with Crippen molar-refractivity contribution in [2.45, 2.75) is 0 Å². The minimum Gasteiger partial charge on any atom is -0.504 e. The van der Waals surface area contributed by atoms with Gasteiger partial charge in [0.1, 0.15) is 11.6 Å². The summed E-state index contributed by atoms with van der Waals surface area (Å²) >= 11 is 0. The highest BCUT2D eigenvalue weighted by Crippen LogP contribution is 2.29. The van der Waals surface area contributed by atoms with Gasteiger partial charge in [-0.25, -0.2) is 0 Å². The van der Waals surface area contributed by atoms with Crippen molar-refractivity contribution in [3.8, 4) is 28.6 Å². The molecule has 0 unspecified atom stereocenters. The molecule has 0 spiro atoms. The highest BCUT2D eigenvalue weighted by molar-refractivity contribution is 5.86. The van der Waals surface area contributed by atoms with Crippen LogP contribution in [0.1, 0.15) is 5.56 Å². The molecule has 25 heavy (non-hydrogen) atoms. The molecule has 0 saturated heterocycles. The third kappa shape index (κ3) is 2.35. The van der Waals surface area contributed by atoms with E-state index < -0.39 is 5.56 Å². The summed E-state index contributed by atoms with van der Waals surface area (Å²) < 4.78 is 1.73. The van der Waals surface area contributed by atoms with Crippen molar-refractivity contribution in [3.05, 3.63) is 77.0 Å². The van der Waals surface area contributed by atoms with Crippen molar-refractivity contribution in [1.82, 2.24) is 14.5 Å². The monoisotopic (exact) mass is 328 g/mol. The number of pyridine rings is 2. The number of hydrogen-bond acceptors (Lipinski definition) is 4. The van der Waals surface area contributed by atoms with Gasteiger partial charge in [0.05, 0.1) is 5.52 Å². The van der Waals surface area contributed by atoms with Gasteiger partial charge in [-0.1, -0.05) is 12.1 Å². The van der Waals surface area contributed by atoms with E-state index in [1.54, 1.807) is 35.3 Å². The first kappa shape index (κ1) is 14.7. The Morgan fingerprint density at radius 1 is 1.04 bits per heavy atom. The van der Waals surface area contributed by atoms with Crippen LogP contribution in [0.25, 0.3) is 27.8 Å². The molecule has 4 rings (SSSR count). The molecule has 0 saturated carbocycles. The maximum absolute atomic E-state index is 11.8. The summed E-state index contributed by atoms with van der Waals surface area (Å²) in [6, 6.07) is 15.0. The molecule has 2 N–H and O–H groups in total. The van der Waals surface area contributed by atoms with Gasteiger partial charge in [0.25, 0.3) is 5.56 Å². The number of nitrogens with one attached hydrogen (secondary N) is 1. The molecule has 0 aliphatic rings. The SMILES string of the molecule is N#Cc1c(O)c2c(ccn2-c2ccc(-c3ccncc3)cc2)[nH]c1=O. The van der Waals surface area contributed by atoms with Crippen molar-refractivity contribution in [1.29, 1.82) is 5.26 Å². The van der Waals surface area contributed by atoms with E-state index >= 15 is 0 Å². The van der Waals surface area contributed by atoms with Crippen molar-refractivity contribution in [2.24, 2.45) is 0 Å². The van der Waals surface area contributed by atoms with Gasteiger partial charge in [-0.05, 0) is 41.5 Å². The van der Waals surface area contributed by atoms with Crippen LogP contribution in [0.15, 0.2) is 65.8 Å². The number of hydrogen-bond donors (Lipinski definition) is 2. The lowest BCUT2D eigenvalue weighted by Crippen LogP contribution is -2.10.